The zero-order chi connectivity index (χ0) is 23.2. The van der Waals surface area contributed by atoms with E-state index in [9.17, 15) is 0 Å². The Kier molecular flexibility index (Phi) is 5.16. The van der Waals surface area contributed by atoms with Crippen molar-refractivity contribution < 1.29 is 13.9 Å². The quantitative estimate of drug-likeness (QED) is 0.342. The number of furan rings is 1. The Morgan fingerprint density at radius 3 is 2.76 bits per heavy atom. The highest BCUT2D eigenvalue weighted by Gasteiger charge is 2.43. The lowest BCUT2D eigenvalue weighted by molar-refractivity contribution is 0.174. The number of benzene rings is 2. The molecule has 2 aliphatic heterocycles. The molecule has 1 N–H and O–H groups in total. The second kappa shape index (κ2) is 8.34. The number of hydrogen-bond acceptors (Lipinski definition) is 5. The highest BCUT2D eigenvalue weighted by Crippen LogP contribution is 2.45. The molecule has 0 radical (unpaired) electrons. The number of nitrogens with one attached hydrogen (secondary N) is 1. The van der Waals surface area contributed by atoms with Gasteiger partial charge in [-0.1, -0.05) is 23.7 Å². The molecule has 0 spiro atoms. The summed E-state index contributed by atoms with van der Waals surface area (Å²) in [5, 5.41) is 4.69. The number of aryl methyl sites for hydroxylation is 1. The fraction of sp³-hybridized carbons (Fsp3) is 0.154. The molecular weight excluding hydrogens is 470 g/mol. The maximum Gasteiger partial charge on any atom is 0.231 e. The molecule has 2 aliphatic rings. The number of pyridine rings is 1. The molecule has 0 aliphatic carbocycles. The Hall–Kier alpha value is -3.55. The van der Waals surface area contributed by atoms with Gasteiger partial charge < -0.3 is 24.1 Å². The van der Waals surface area contributed by atoms with Crippen LogP contribution in [-0.4, -0.2) is 16.9 Å². The predicted molar refractivity (Wildman–Crippen MR) is 134 cm³/mol. The average molecular weight is 490 g/mol. The average Bonchev–Trinajstić information content (AvgIpc) is 3.59. The highest BCUT2D eigenvalue weighted by atomic mass is 35.5. The summed E-state index contributed by atoms with van der Waals surface area (Å²) in [4.78, 5) is 6.64. The second-order valence-electron chi connectivity index (χ2n) is 8.20. The third kappa shape index (κ3) is 3.57. The standard InChI is InChI=1S/C26H20ClN3O3S/c1-15-5-6-16(27)12-18(15)20-9-10-22(33-20)25-24(19-4-2-3-11-28-19)29-26(34)30(25)17-7-8-21-23(13-17)32-14-31-21/h2-13,24-25H,14H2,1H3,(H,29,34)/t24-,25+/m1/s1. The molecule has 6 rings (SSSR count). The molecule has 0 saturated carbocycles. The molecular formula is C26H20ClN3O3S. The largest absolute Gasteiger partial charge is 0.459 e. The number of thiocarbonyl (C=S) groups is 1. The summed E-state index contributed by atoms with van der Waals surface area (Å²) in [6.45, 7) is 2.25. The van der Waals surface area contributed by atoms with Crippen LogP contribution in [0, 0.1) is 6.92 Å². The lowest BCUT2D eigenvalue weighted by Crippen LogP contribution is -2.29. The number of rotatable bonds is 4. The van der Waals surface area contributed by atoms with Crippen molar-refractivity contribution in [3.63, 3.8) is 0 Å². The van der Waals surface area contributed by atoms with Crippen molar-refractivity contribution in [2.75, 3.05) is 11.7 Å². The molecule has 4 aromatic rings. The van der Waals surface area contributed by atoms with Gasteiger partial charge in [0, 0.05) is 28.5 Å². The van der Waals surface area contributed by atoms with Gasteiger partial charge in [-0.25, -0.2) is 0 Å². The van der Waals surface area contributed by atoms with E-state index in [4.69, 9.17) is 37.7 Å². The summed E-state index contributed by atoms with van der Waals surface area (Å²) in [7, 11) is 0. The van der Waals surface area contributed by atoms with E-state index in [-0.39, 0.29) is 18.9 Å². The lowest BCUT2D eigenvalue weighted by Gasteiger charge is -2.26. The number of aromatic nitrogens is 1. The van der Waals surface area contributed by atoms with Gasteiger partial charge in [0.15, 0.2) is 16.6 Å². The van der Waals surface area contributed by atoms with Gasteiger partial charge in [0.1, 0.15) is 17.6 Å². The molecule has 2 aromatic heterocycles. The van der Waals surface area contributed by atoms with Crippen LogP contribution in [0.2, 0.25) is 5.02 Å². The molecule has 2 atom stereocenters. The van der Waals surface area contributed by atoms with Gasteiger partial charge >= 0.3 is 0 Å². The third-order valence-electron chi connectivity index (χ3n) is 6.12. The molecule has 2 aromatic carbocycles. The van der Waals surface area contributed by atoms with Crippen LogP contribution in [0.4, 0.5) is 5.69 Å². The number of halogens is 1. The molecule has 34 heavy (non-hydrogen) atoms. The van der Waals surface area contributed by atoms with Crippen LogP contribution in [-0.2, 0) is 0 Å². The van der Waals surface area contributed by atoms with Crippen molar-refractivity contribution in [3.8, 4) is 22.8 Å². The predicted octanol–water partition coefficient (Wildman–Crippen LogP) is 6.21. The maximum atomic E-state index is 6.45. The smallest absolute Gasteiger partial charge is 0.231 e. The van der Waals surface area contributed by atoms with Crippen molar-refractivity contribution in [1.29, 1.82) is 0 Å². The number of fused-ring (bicyclic) bond motifs is 1. The Balaban J connectivity index is 1.46. The molecule has 0 amide bonds. The van der Waals surface area contributed by atoms with E-state index in [2.05, 4.69) is 10.3 Å². The molecule has 8 heteroatoms. The lowest BCUT2D eigenvalue weighted by atomic mass is 10.0. The minimum atomic E-state index is -0.268. The van der Waals surface area contributed by atoms with Gasteiger partial charge in [-0.3, -0.25) is 4.98 Å². The Morgan fingerprint density at radius 2 is 1.91 bits per heavy atom. The molecule has 4 heterocycles. The molecule has 0 unspecified atom stereocenters. The molecule has 1 fully saturated rings. The van der Waals surface area contributed by atoms with Crippen LogP contribution < -0.4 is 19.7 Å². The Bertz CT molecular complexity index is 1390. The van der Waals surface area contributed by atoms with Gasteiger partial charge in [-0.05, 0) is 73.2 Å². The van der Waals surface area contributed by atoms with Gasteiger partial charge in [0.2, 0.25) is 6.79 Å². The van der Waals surface area contributed by atoms with Crippen LogP contribution in [0.1, 0.15) is 29.1 Å². The van der Waals surface area contributed by atoms with E-state index >= 15 is 0 Å². The first-order chi connectivity index (χ1) is 16.6. The number of ether oxygens (including phenoxy) is 2. The molecule has 0 bridgehead atoms. The van der Waals surface area contributed by atoms with Gasteiger partial charge in [-0.2, -0.15) is 0 Å². The van der Waals surface area contributed by atoms with Crippen molar-refractivity contribution in [3.05, 3.63) is 95.0 Å². The van der Waals surface area contributed by atoms with Crippen molar-refractivity contribution in [1.82, 2.24) is 10.3 Å². The topological polar surface area (TPSA) is 59.8 Å². The molecule has 170 valence electrons. The fourth-order valence-corrected chi connectivity index (χ4v) is 4.99. The zero-order valence-electron chi connectivity index (χ0n) is 18.2. The Labute approximate surface area is 207 Å². The van der Waals surface area contributed by atoms with Crippen LogP contribution in [0.5, 0.6) is 11.5 Å². The van der Waals surface area contributed by atoms with E-state index in [1.165, 1.54) is 0 Å². The SMILES string of the molecule is Cc1ccc(Cl)cc1-c1ccc([C@H]2[C@@H](c3ccccn3)NC(=S)N2c2ccc3c(c2)OCO3)o1. The first-order valence-electron chi connectivity index (χ1n) is 10.8. The minimum Gasteiger partial charge on any atom is -0.459 e. The van der Waals surface area contributed by atoms with E-state index in [1.807, 2.05) is 78.6 Å². The van der Waals surface area contributed by atoms with Crippen molar-refractivity contribution in [2.24, 2.45) is 0 Å². The Morgan fingerprint density at radius 1 is 1.03 bits per heavy atom. The van der Waals surface area contributed by atoms with Crippen molar-refractivity contribution in [2.45, 2.75) is 19.0 Å². The maximum absolute atomic E-state index is 6.45. The number of nitrogens with zero attached hydrogens (tertiary/aromatic N) is 2. The summed E-state index contributed by atoms with van der Waals surface area (Å²) in [5.41, 5.74) is 3.78. The van der Waals surface area contributed by atoms with Crippen LogP contribution in [0.15, 0.2) is 77.3 Å². The first-order valence-corrected chi connectivity index (χ1v) is 11.6. The van der Waals surface area contributed by atoms with E-state index in [1.54, 1.807) is 6.20 Å². The normalized spacial score (nSPS) is 18.9. The van der Waals surface area contributed by atoms with E-state index in [0.717, 1.165) is 39.8 Å². The van der Waals surface area contributed by atoms with E-state index in [0.29, 0.717) is 15.9 Å². The fourth-order valence-electron chi connectivity index (χ4n) is 4.47. The van der Waals surface area contributed by atoms with Crippen LogP contribution in [0.3, 0.4) is 0 Å². The second-order valence-corrected chi connectivity index (χ2v) is 9.02. The summed E-state index contributed by atoms with van der Waals surface area (Å²) in [6.07, 6.45) is 1.78. The first kappa shape index (κ1) is 21.0. The minimum absolute atomic E-state index is 0.210. The van der Waals surface area contributed by atoms with Gasteiger partial charge in [0.05, 0.1) is 11.7 Å². The summed E-state index contributed by atoms with van der Waals surface area (Å²) in [5.74, 6) is 2.92. The molecule has 1 saturated heterocycles. The zero-order valence-corrected chi connectivity index (χ0v) is 19.8. The number of anilines is 1. The van der Waals surface area contributed by atoms with Crippen molar-refractivity contribution >= 4 is 34.6 Å². The van der Waals surface area contributed by atoms with Gasteiger partial charge in [0.25, 0.3) is 0 Å². The third-order valence-corrected chi connectivity index (χ3v) is 6.67. The number of hydrogen-bond donors (Lipinski definition) is 1. The highest BCUT2D eigenvalue weighted by molar-refractivity contribution is 7.80. The summed E-state index contributed by atoms with van der Waals surface area (Å²) < 4.78 is 17.6. The summed E-state index contributed by atoms with van der Waals surface area (Å²) in [6, 6.07) is 20.9. The van der Waals surface area contributed by atoms with Gasteiger partial charge in [-0.15, -0.1) is 0 Å². The van der Waals surface area contributed by atoms with E-state index < -0.39 is 0 Å². The van der Waals surface area contributed by atoms with Crippen LogP contribution >= 0.6 is 23.8 Å². The molecule has 6 nitrogen and oxygen atoms in total. The van der Waals surface area contributed by atoms with Crippen LogP contribution in [0.25, 0.3) is 11.3 Å². The summed E-state index contributed by atoms with van der Waals surface area (Å²) >= 11 is 12.1. The monoisotopic (exact) mass is 489 g/mol.